The number of likely N-dealkylation sites (tertiary alicyclic amines) is 2. The van der Waals surface area contributed by atoms with Crippen molar-refractivity contribution < 1.29 is 19.2 Å². The van der Waals surface area contributed by atoms with Gasteiger partial charge >= 0.3 is 6.03 Å². The minimum atomic E-state index is -0.512. The minimum Gasteiger partial charge on any atom is -0.351 e. The topological polar surface area (TPSA) is 111 Å². The van der Waals surface area contributed by atoms with Crippen LogP contribution in [0.15, 0.2) is 17.5 Å². The van der Waals surface area contributed by atoms with E-state index >= 15 is 0 Å². The second-order valence-electron chi connectivity index (χ2n) is 13.9. The number of rotatable bonds is 13. The Morgan fingerprint density at radius 1 is 0.955 bits per heavy atom. The molecule has 2 saturated carbocycles. The number of nitrogens with zero attached hydrogens (tertiary/aromatic N) is 2. The van der Waals surface area contributed by atoms with Gasteiger partial charge in [0, 0.05) is 49.6 Å². The molecule has 3 N–H and O–H groups in total. The molecule has 4 amide bonds. The Morgan fingerprint density at radius 3 is 2.41 bits per heavy atom. The molecule has 0 aromatic carbocycles. The number of Topliss-reactive ketones (excluding diaryl/α,β-unsaturated/α-hetero) is 1. The van der Waals surface area contributed by atoms with E-state index in [4.69, 9.17) is 0 Å². The summed E-state index contributed by atoms with van der Waals surface area (Å²) in [6.07, 6.45) is 15.1. The Labute approximate surface area is 267 Å². The lowest BCUT2D eigenvalue weighted by molar-refractivity contribution is -0.138. The first-order chi connectivity index (χ1) is 21.3. The third-order valence-corrected chi connectivity index (χ3v) is 11.4. The van der Waals surface area contributed by atoms with Crippen molar-refractivity contribution in [1.82, 2.24) is 25.8 Å². The van der Waals surface area contributed by atoms with Gasteiger partial charge in [-0.3, -0.25) is 9.59 Å². The summed E-state index contributed by atoms with van der Waals surface area (Å²) in [5.74, 6) is -0.350. The normalized spacial score (nSPS) is 24.1. The number of carbonyl (C=O) groups is 4. The number of thiophene rings is 1. The number of nitrogens with one attached hydrogen (secondary N) is 3. The van der Waals surface area contributed by atoms with E-state index in [9.17, 15) is 19.2 Å². The largest absolute Gasteiger partial charge is 0.351 e. The van der Waals surface area contributed by atoms with Crippen LogP contribution in [-0.4, -0.2) is 77.7 Å². The van der Waals surface area contributed by atoms with Crippen molar-refractivity contribution in [1.29, 1.82) is 0 Å². The van der Waals surface area contributed by atoms with Gasteiger partial charge in [0.1, 0.15) is 5.78 Å². The summed E-state index contributed by atoms with van der Waals surface area (Å²) < 4.78 is 0. The van der Waals surface area contributed by atoms with E-state index < -0.39 is 5.92 Å². The summed E-state index contributed by atoms with van der Waals surface area (Å²) in [4.78, 5) is 57.3. The molecule has 2 aliphatic heterocycles. The number of carbonyl (C=O) groups excluding carboxylic acids is 4. The van der Waals surface area contributed by atoms with Gasteiger partial charge < -0.3 is 30.5 Å². The number of urea groups is 1. The lowest BCUT2D eigenvalue weighted by Crippen LogP contribution is -2.61. The van der Waals surface area contributed by atoms with Crippen LogP contribution in [0.5, 0.6) is 0 Å². The molecule has 0 unspecified atom stereocenters. The molecule has 3 atom stereocenters. The van der Waals surface area contributed by atoms with Crippen LogP contribution in [0.2, 0.25) is 0 Å². The first kappa shape index (κ1) is 32.9. The van der Waals surface area contributed by atoms with Gasteiger partial charge in [-0.1, -0.05) is 38.2 Å². The van der Waals surface area contributed by atoms with Crippen LogP contribution in [0.25, 0.3) is 0 Å². The van der Waals surface area contributed by atoms with Crippen molar-refractivity contribution >= 4 is 35.0 Å². The first-order valence-corrected chi connectivity index (χ1v) is 18.1. The summed E-state index contributed by atoms with van der Waals surface area (Å²) >= 11 is 1.60. The fourth-order valence-corrected chi connectivity index (χ4v) is 8.02. The molecule has 3 heterocycles. The molecule has 0 bridgehead atoms. The number of amides is 4. The number of unbranched alkanes of at least 4 members (excludes halogenated alkanes) is 2. The van der Waals surface area contributed by atoms with Gasteiger partial charge in [-0.15, -0.1) is 11.3 Å². The van der Waals surface area contributed by atoms with Crippen molar-refractivity contribution in [3.63, 3.8) is 0 Å². The number of hydrogen-bond acceptors (Lipinski definition) is 6. The zero-order chi connectivity index (χ0) is 30.9. The van der Waals surface area contributed by atoms with Crippen LogP contribution in [0.4, 0.5) is 4.79 Å². The maximum Gasteiger partial charge on any atom is 0.317 e. The second kappa shape index (κ2) is 15.7. The molecular formula is C34H53N5O4S. The van der Waals surface area contributed by atoms with E-state index in [1.165, 1.54) is 32.1 Å². The van der Waals surface area contributed by atoms with E-state index in [1.54, 1.807) is 18.3 Å². The molecular weight excluding hydrogens is 574 g/mol. The van der Waals surface area contributed by atoms with Crippen LogP contribution in [-0.2, 0) is 20.9 Å². The van der Waals surface area contributed by atoms with E-state index in [1.807, 2.05) is 27.3 Å². The summed E-state index contributed by atoms with van der Waals surface area (Å²) in [5, 5.41) is 12.0. The van der Waals surface area contributed by atoms with Crippen LogP contribution in [0.3, 0.4) is 0 Å². The molecule has 5 rings (SSSR count). The van der Waals surface area contributed by atoms with Gasteiger partial charge in [0.25, 0.3) is 0 Å². The van der Waals surface area contributed by atoms with Crippen molar-refractivity contribution in [2.75, 3.05) is 26.2 Å². The highest BCUT2D eigenvalue weighted by molar-refractivity contribution is 7.09. The van der Waals surface area contributed by atoms with E-state index in [0.717, 1.165) is 69.3 Å². The molecule has 9 nitrogen and oxygen atoms in total. The second-order valence-corrected chi connectivity index (χ2v) is 14.9. The van der Waals surface area contributed by atoms with Crippen molar-refractivity contribution in [3.05, 3.63) is 22.4 Å². The van der Waals surface area contributed by atoms with Gasteiger partial charge in [0.2, 0.25) is 11.8 Å². The van der Waals surface area contributed by atoms with Gasteiger partial charge in [-0.2, -0.15) is 0 Å². The van der Waals surface area contributed by atoms with Crippen molar-refractivity contribution in [2.24, 2.45) is 11.3 Å². The van der Waals surface area contributed by atoms with Gasteiger partial charge in [0.15, 0.2) is 0 Å². The van der Waals surface area contributed by atoms with Gasteiger partial charge in [0.05, 0.1) is 18.5 Å². The van der Waals surface area contributed by atoms with Crippen molar-refractivity contribution in [2.45, 2.75) is 128 Å². The summed E-state index contributed by atoms with van der Waals surface area (Å²) in [7, 11) is 0. The SMILES string of the molecule is CC(=O)CCCCC[C@@H](NC1CCCCC1)C(=O)N1CC[C@@H](NC(=O)N2CCC3(CC2)CC3)[C@@H](C(=O)NCc2cccs2)C1. The van der Waals surface area contributed by atoms with E-state index in [-0.39, 0.29) is 35.7 Å². The maximum absolute atomic E-state index is 14.1. The summed E-state index contributed by atoms with van der Waals surface area (Å²) in [6, 6.07) is 3.63. The van der Waals surface area contributed by atoms with Crippen molar-refractivity contribution in [3.8, 4) is 0 Å². The molecule has 10 heteroatoms. The third-order valence-electron chi connectivity index (χ3n) is 10.5. The molecule has 2 aliphatic carbocycles. The Kier molecular flexibility index (Phi) is 11.7. The molecule has 4 fully saturated rings. The average Bonchev–Trinajstić information content (AvgIpc) is 3.56. The van der Waals surface area contributed by atoms with Crippen LogP contribution >= 0.6 is 11.3 Å². The van der Waals surface area contributed by atoms with Crippen LogP contribution < -0.4 is 16.0 Å². The first-order valence-electron chi connectivity index (χ1n) is 17.2. The number of hydrogen-bond donors (Lipinski definition) is 3. The highest BCUT2D eigenvalue weighted by atomic mass is 32.1. The summed E-state index contributed by atoms with van der Waals surface area (Å²) in [6.45, 7) is 4.46. The Morgan fingerprint density at radius 2 is 1.73 bits per heavy atom. The average molecular weight is 628 g/mol. The highest BCUT2D eigenvalue weighted by Gasteiger charge is 2.46. The zero-order valence-electron chi connectivity index (χ0n) is 26.6. The smallest absolute Gasteiger partial charge is 0.317 e. The Hall–Kier alpha value is -2.46. The lowest BCUT2D eigenvalue weighted by Gasteiger charge is -2.41. The molecule has 0 radical (unpaired) electrons. The molecule has 1 aromatic rings. The highest BCUT2D eigenvalue weighted by Crippen LogP contribution is 2.53. The monoisotopic (exact) mass is 627 g/mol. The standard InChI is InChI=1S/C34H53N5O4S/c1-25(40)9-4-2-7-13-30(36-26-10-5-3-6-11-26)32(42)39-19-14-29(28(24-39)31(41)35-23-27-12-8-22-44-27)37-33(43)38-20-17-34(15-16-34)18-21-38/h8,12,22,26,28-30,36H,2-7,9-11,13-21,23-24H2,1H3,(H,35,41)(H,37,43)/t28-,29+,30+/m0/s1. The number of ketones is 1. The molecule has 1 aromatic heterocycles. The Bertz CT molecular complexity index is 1110. The molecule has 44 heavy (non-hydrogen) atoms. The van der Waals surface area contributed by atoms with Crippen LogP contribution in [0.1, 0.15) is 108 Å². The molecule has 1 spiro atoms. The maximum atomic E-state index is 14.1. The quantitative estimate of drug-likeness (QED) is 0.267. The zero-order valence-corrected chi connectivity index (χ0v) is 27.4. The van der Waals surface area contributed by atoms with Gasteiger partial charge in [-0.25, -0.2) is 4.79 Å². The molecule has 2 saturated heterocycles. The predicted molar refractivity (Wildman–Crippen MR) is 173 cm³/mol. The number of piperidine rings is 2. The van der Waals surface area contributed by atoms with Gasteiger partial charge in [-0.05, 0) is 81.6 Å². The lowest BCUT2D eigenvalue weighted by atomic mass is 9.89. The molecule has 4 aliphatic rings. The van der Waals surface area contributed by atoms with E-state index in [2.05, 4.69) is 16.0 Å². The Balaban J connectivity index is 1.22. The fourth-order valence-electron chi connectivity index (χ4n) is 7.37. The molecule has 244 valence electrons. The van der Waals surface area contributed by atoms with E-state index in [0.29, 0.717) is 43.9 Å². The fraction of sp³-hybridized carbons (Fsp3) is 0.765. The summed E-state index contributed by atoms with van der Waals surface area (Å²) in [5.41, 5.74) is 0.488. The predicted octanol–water partition coefficient (Wildman–Crippen LogP) is 5.00. The van der Waals surface area contributed by atoms with Crippen LogP contribution in [0, 0.1) is 11.3 Å². The minimum absolute atomic E-state index is 0.0636. The third kappa shape index (κ3) is 9.28.